The third kappa shape index (κ3) is 3.92. The van der Waals surface area contributed by atoms with Crippen molar-refractivity contribution in [3.63, 3.8) is 0 Å². The second-order valence-electron chi connectivity index (χ2n) is 4.29. The molecule has 0 aliphatic carbocycles. The third-order valence-electron chi connectivity index (χ3n) is 2.48. The summed E-state index contributed by atoms with van der Waals surface area (Å²) in [6.07, 6.45) is 0.981. The maximum absolute atomic E-state index is 12.2. The van der Waals surface area contributed by atoms with E-state index in [9.17, 15) is 16.8 Å². The highest BCUT2D eigenvalue weighted by molar-refractivity contribution is 7.91. The van der Waals surface area contributed by atoms with Crippen molar-refractivity contribution in [2.24, 2.45) is 0 Å². The Balaban J connectivity index is 3.41. The van der Waals surface area contributed by atoms with Gasteiger partial charge in [-0.3, -0.25) is 0 Å². The van der Waals surface area contributed by atoms with E-state index in [4.69, 9.17) is 9.84 Å². The van der Waals surface area contributed by atoms with E-state index in [1.165, 1.54) is 26.2 Å². The number of nitrogens with one attached hydrogen (secondary N) is 1. The van der Waals surface area contributed by atoms with E-state index in [1.54, 1.807) is 0 Å². The second-order valence-corrected chi connectivity index (χ2v) is 7.99. The van der Waals surface area contributed by atoms with Gasteiger partial charge in [0.25, 0.3) is 0 Å². The van der Waals surface area contributed by atoms with Crippen LogP contribution in [0.1, 0.15) is 6.92 Å². The molecule has 0 unspecified atom stereocenters. The molecule has 0 radical (unpaired) electrons. The minimum absolute atomic E-state index is 0.0232. The van der Waals surface area contributed by atoms with Gasteiger partial charge in [0, 0.05) is 12.3 Å². The summed E-state index contributed by atoms with van der Waals surface area (Å²) in [4.78, 5) is -0.418. The lowest BCUT2D eigenvalue weighted by atomic mass is 10.3. The lowest BCUT2D eigenvalue weighted by Gasteiger charge is -2.14. The Morgan fingerprint density at radius 3 is 2.35 bits per heavy atom. The molecular weight excluding hydrogens is 306 g/mol. The molecule has 0 aliphatic rings. The lowest BCUT2D eigenvalue weighted by Crippen LogP contribution is -2.35. The number of benzene rings is 1. The van der Waals surface area contributed by atoms with E-state index in [1.807, 2.05) is 0 Å². The van der Waals surface area contributed by atoms with Crippen molar-refractivity contribution < 1.29 is 26.7 Å². The first-order valence-electron chi connectivity index (χ1n) is 5.63. The summed E-state index contributed by atoms with van der Waals surface area (Å²) in [5.74, 6) is 0.0232. The predicted octanol–water partition coefficient (Wildman–Crippen LogP) is -0.242. The van der Waals surface area contributed by atoms with E-state index in [0.29, 0.717) is 0 Å². The summed E-state index contributed by atoms with van der Waals surface area (Å²) < 4.78 is 54.5. The monoisotopic (exact) mass is 323 g/mol. The molecule has 0 saturated carbocycles. The van der Waals surface area contributed by atoms with Crippen molar-refractivity contribution in [2.75, 3.05) is 20.0 Å². The zero-order valence-electron chi connectivity index (χ0n) is 11.3. The Kier molecular flexibility index (Phi) is 5.14. The summed E-state index contributed by atoms with van der Waals surface area (Å²) in [7, 11) is -6.26. The zero-order valence-corrected chi connectivity index (χ0v) is 13.0. The first kappa shape index (κ1) is 16.9. The van der Waals surface area contributed by atoms with Gasteiger partial charge in [0.2, 0.25) is 10.0 Å². The largest absolute Gasteiger partial charge is 0.495 e. The van der Waals surface area contributed by atoms with Gasteiger partial charge in [0.1, 0.15) is 10.6 Å². The number of rotatable bonds is 6. The molecule has 7 nitrogen and oxygen atoms in total. The second kappa shape index (κ2) is 6.08. The van der Waals surface area contributed by atoms with Crippen molar-refractivity contribution in [2.45, 2.75) is 22.8 Å². The molecule has 0 aliphatic heterocycles. The number of aliphatic hydroxyl groups excluding tert-OH is 1. The van der Waals surface area contributed by atoms with Gasteiger partial charge < -0.3 is 9.84 Å². The molecule has 20 heavy (non-hydrogen) atoms. The smallest absolute Gasteiger partial charge is 0.244 e. The average molecular weight is 323 g/mol. The highest BCUT2D eigenvalue weighted by atomic mass is 32.2. The van der Waals surface area contributed by atoms with E-state index >= 15 is 0 Å². The molecule has 1 aromatic carbocycles. The highest BCUT2D eigenvalue weighted by Gasteiger charge is 2.23. The van der Waals surface area contributed by atoms with Crippen LogP contribution in [-0.2, 0) is 19.9 Å². The first-order chi connectivity index (χ1) is 9.11. The average Bonchev–Trinajstić information content (AvgIpc) is 2.36. The molecule has 0 bridgehead atoms. The number of sulfone groups is 1. The van der Waals surface area contributed by atoms with Crippen molar-refractivity contribution in [3.05, 3.63) is 18.2 Å². The van der Waals surface area contributed by atoms with Crippen LogP contribution in [0.5, 0.6) is 5.75 Å². The van der Waals surface area contributed by atoms with Gasteiger partial charge in [0.05, 0.1) is 18.6 Å². The Morgan fingerprint density at radius 2 is 1.90 bits per heavy atom. The van der Waals surface area contributed by atoms with E-state index in [2.05, 4.69) is 4.72 Å². The fourth-order valence-electron chi connectivity index (χ4n) is 1.46. The molecule has 0 heterocycles. The molecule has 1 atom stereocenters. The van der Waals surface area contributed by atoms with Crippen LogP contribution in [0.4, 0.5) is 0 Å². The Hall–Kier alpha value is -1.16. The van der Waals surface area contributed by atoms with Gasteiger partial charge in [-0.25, -0.2) is 21.6 Å². The van der Waals surface area contributed by atoms with E-state index in [-0.39, 0.29) is 22.1 Å². The van der Waals surface area contributed by atoms with Crippen molar-refractivity contribution in [1.29, 1.82) is 0 Å². The molecule has 0 amide bonds. The van der Waals surface area contributed by atoms with Crippen LogP contribution in [-0.4, -0.2) is 48.0 Å². The van der Waals surface area contributed by atoms with Gasteiger partial charge in [0.15, 0.2) is 9.84 Å². The van der Waals surface area contributed by atoms with Crippen LogP contribution in [0.3, 0.4) is 0 Å². The molecular formula is C11H17NO6S2. The number of sulfonamides is 1. The standard InChI is InChI=1S/C11H17NO6S2/c1-8(7-13)12-20(16,17)11-6-9(19(3,14)15)4-5-10(11)18-2/h4-6,8,12-13H,7H2,1-3H3/t8-/m0/s1. The van der Waals surface area contributed by atoms with Gasteiger partial charge in [-0.15, -0.1) is 0 Å². The Labute approximate surface area is 118 Å². The normalized spacial score (nSPS) is 14.0. The SMILES string of the molecule is COc1ccc(S(C)(=O)=O)cc1S(=O)(=O)N[C@@H](C)CO. The quantitative estimate of drug-likeness (QED) is 0.747. The summed E-state index contributed by atoms with van der Waals surface area (Å²) in [5.41, 5.74) is 0. The highest BCUT2D eigenvalue weighted by Crippen LogP contribution is 2.26. The number of hydrogen-bond acceptors (Lipinski definition) is 6. The van der Waals surface area contributed by atoms with Crippen molar-refractivity contribution >= 4 is 19.9 Å². The minimum Gasteiger partial charge on any atom is -0.495 e. The predicted molar refractivity (Wildman–Crippen MR) is 73.0 cm³/mol. The molecule has 0 spiro atoms. The maximum atomic E-state index is 12.2. The van der Waals surface area contributed by atoms with E-state index < -0.39 is 25.9 Å². The molecule has 114 valence electrons. The van der Waals surface area contributed by atoms with Crippen molar-refractivity contribution in [1.82, 2.24) is 4.72 Å². The van der Waals surface area contributed by atoms with Crippen LogP contribution in [0.15, 0.2) is 28.0 Å². The third-order valence-corrected chi connectivity index (χ3v) is 5.20. The summed E-state index contributed by atoms with van der Waals surface area (Å²) in [5, 5.41) is 8.90. The van der Waals surface area contributed by atoms with Gasteiger partial charge >= 0.3 is 0 Å². The first-order valence-corrected chi connectivity index (χ1v) is 9.00. The van der Waals surface area contributed by atoms with Crippen molar-refractivity contribution in [3.8, 4) is 5.75 Å². The minimum atomic E-state index is -4.00. The molecule has 0 aromatic heterocycles. The Bertz CT molecular complexity index is 681. The fraction of sp³-hybridized carbons (Fsp3) is 0.455. The van der Waals surface area contributed by atoms with Crippen LogP contribution in [0.2, 0.25) is 0 Å². The van der Waals surface area contributed by atoms with Crippen LogP contribution in [0.25, 0.3) is 0 Å². The van der Waals surface area contributed by atoms with Crippen LogP contribution in [0, 0.1) is 0 Å². The summed E-state index contributed by atoms with van der Waals surface area (Å²) in [6.45, 7) is 1.09. The molecule has 2 N–H and O–H groups in total. The summed E-state index contributed by atoms with van der Waals surface area (Å²) in [6, 6.07) is 2.87. The van der Waals surface area contributed by atoms with Gasteiger partial charge in [-0.2, -0.15) is 0 Å². The topological polar surface area (TPSA) is 110 Å². The van der Waals surface area contributed by atoms with E-state index in [0.717, 1.165) is 12.3 Å². The lowest BCUT2D eigenvalue weighted by molar-refractivity contribution is 0.265. The fourth-order valence-corrected chi connectivity index (χ4v) is 3.61. The number of methoxy groups -OCH3 is 1. The molecule has 0 saturated heterocycles. The van der Waals surface area contributed by atoms with Crippen LogP contribution < -0.4 is 9.46 Å². The van der Waals surface area contributed by atoms with Gasteiger partial charge in [-0.05, 0) is 25.1 Å². The number of hydrogen-bond donors (Lipinski definition) is 2. The number of aliphatic hydroxyl groups is 1. The molecule has 1 rings (SSSR count). The van der Waals surface area contributed by atoms with Gasteiger partial charge in [-0.1, -0.05) is 0 Å². The molecule has 1 aromatic rings. The maximum Gasteiger partial charge on any atom is 0.244 e. The number of ether oxygens (including phenoxy) is 1. The zero-order chi connectivity index (χ0) is 15.6. The molecule has 0 fully saturated rings. The summed E-state index contributed by atoms with van der Waals surface area (Å²) >= 11 is 0. The van der Waals surface area contributed by atoms with Crippen LogP contribution >= 0.6 is 0 Å². The molecule has 9 heteroatoms. The Morgan fingerprint density at radius 1 is 1.30 bits per heavy atom.